The molecule has 1 aromatic carbocycles. The fraction of sp³-hybridized carbons (Fsp3) is 0.304. The van der Waals surface area contributed by atoms with Gasteiger partial charge in [0.25, 0.3) is 5.91 Å². The van der Waals surface area contributed by atoms with Gasteiger partial charge in [-0.1, -0.05) is 44.5 Å². The van der Waals surface area contributed by atoms with Gasteiger partial charge in [0.1, 0.15) is 11.5 Å². The van der Waals surface area contributed by atoms with E-state index in [9.17, 15) is 9.59 Å². The molecule has 0 saturated carbocycles. The van der Waals surface area contributed by atoms with Crippen molar-refractivity contribution in [3.63, 3.8) is 0 Å². The molecule has 31 heavy (non-hydrogen) atoms. The first-order valence-corrected chi connectivity index (χ1v) is 10.3. The molecule has 3 aromatic rings. The Balaban J connectivity index is 1.99. The Morgan fingerprint density at radius 3 is 2.42 bits per heavy atom. The van der Waals surface area contributed by atoms with Crippen LogP contribution in [-0.4, -0.2) is 33.6 Å². The van der Waals surface area contributed by atoms with Gasteiger partial charge >= 0.3 is 0 Å². The lowest BCUT2D eigenvalue weighted by atomic mass is 9.92. The van der Waals surface area contributed by atoms with E-state index in [0.29, 0.717) is 16.4 Å². The topological polar surface area (TPSA) is 94.1 Å². The number of benzene rings is 1. The number of pyridine rings is 1. The van der Waals surface area contributed by atoms with Gasteiger partial charge in [-0.2, -0.15) is 5.10 Å². The van der Waals surface area contributed by atoms with Gasteiger partial charge in [-0.25, -0.2) is 4.68 Å². The standard InChI is InChI=1S/C23H26ClN5O2/c1-14(15-9-10-18(21(25)30)26-13-15)22(31)28(5)20-12-19(23(2,3)4)27-29(20)17-8-6-7-16(24)11-17/h6-14H,1-5H3,(H2,25,30). The lowest BCUT2D eigenvalue weighted by molar-refractivity contribution is -0.119. The number of amides is 2. The molecule has 2 N–H and O–H groups in total. The second kappa shape index (κ2) is 8.51. The van der Waals surface area contributed by atoms with E-state index in [1.54, 1.807) is 41.8 Å². The number of carbonyl (C=O) groups excluding carboxylic acids is 2. The fourth-order valence-electron chi connectivity index (χ4n) is 3.13. The maximum Gasteiger partial charge on any atom is 0.267 e. The summed E-state index contributed by atoms with van der Waals surface area (Å²) in [6.45, 7) is 8.00. The Morgan fingerprint density at radius 2 is 1.87 bits per heavy atom. The van der Waals surface area contributed by atoms with Crippen LogP contribution in [0.4, 0.5) is 5.82 Å². The summed E-state index contributed by atoms with van der Waals surface area (Å²) in [6.07, 6.45) is 1.51. The Hall–Kier alpha value is -3.19. The molecule has 0 aliphatic carbocycles. The summed E-state index contributed by atoms with van der Waals surface area (Å²) in [7, 11) is 1.72. The minimum absolute atomic E-state index is 0.141. The van der Waals surface area contributed by atoms with Crippen molar-refractivity contribution in [2.24, 2.45) is 5.73 Å². The van der Waals surface area contributed by atoms with Crippen molar-refractivity contribution >= 4 is 29.2 Å². The highest BCUT2D eigenvalue weighted by atomic mass is 35.5. The van der Waals surface area contributed by atoms with Crippen LogP contribution in [0.25, 0.3) is 5.69 Å². The normalized spacial score (nSPS) is 12.5. The van der Waals surface area contributed by atoms with E-state index in [1.807, 2.05) is 18.2 Å². The summed E-state index contributed by atoms with van der Waals surface area (Å²) < 4.78 is 1.73. The molecule has 2 aromatic heterocycles. The first-order valence-electron chi connectivity index (χ1n) is 9.89. The van der Waals surface area contributed by atoms with E-state index in [0.717, 1.165) is 11.4 Å². The van der Waals surface area contributed by atoms with Crippen molar-refractivity contribution in [2.45, 2.75) is 39.0 Å². The first kappa shape index (κ1) is 22.5. The predicted molar refractivity (Wildman–Crippen MR) is 122 cm³/mol. The Kier molecular flexibility index (Phi) is 6.18. The van der Waals surface area contributed by atoms with Crippen molar-refractivity contribution in [1.82, 2.24) is 14.8 Å². The molecule has 0 spiro atoms. The fourth-order valence-corrected chi connectivity index (χ4v) is 3.31. The van der Waals surface area contributed by atoms with Gasteiger partial charge in [0.2, 0.25) is 5.91 Å². The van der Waals surface area contributed by atoms with Crippen molar-refractivity contribution < 1.29 is 9.59 Å². The van der Waals surface area contributed by atoms with Crippen LogP contribution in [0.5, 0.6) is 0 Å². The number of likely N-dealkylation sites (N-methyl/N-ethyl adjacent to an activating group) is 1. The molecule has 0 aliphatic rings. The third kappa shape index (κ3) is 4.77. The van der Waals surface area contributed by atoms with E-state index in [2.05, 4.69) is 25.8 Å². The van der Waals surface area contributed by atoms with Gasteiger partial charge < -0.3 is 5.73 Å². The number of carbonyl (C=O) groups is 2. The number of anilines is 1. The maximum absolute atomic E-state index is 13.3. The quantitative estimate of drug-likeness (QED) is 0.647. The maximum atomic E-state index is 13.3. The molecule has 8 heteroatoms. The number of nitrogens with zero attached hydrogens (tertiary/aromatic N) is 4. The molecule has 162 valence electrons. The number of rotatable bonds is 5. The Labute approximate surface area is 186 Å². The molecule has 2 amide bonds. The molecule has 3 rings (SSSR count). The van der Waals surface area contributed by atoms with E-state index in [4.69, 9.17) is 22.4 Å². The summed E-state index contributed by atoms with van der Waals surface area (Å²) in [5.41, 5.74) is 7.50. The van der Waals surface area contributed by atoms with Crippen LogP contribution in [0, 0.1) is 0 Å². The molecule has 0 aliphatic heterocycles. The molecule has 0 fully saturated rings. The highest BCUT2D eigenvalue weighted by molar-refractivity contribution is 6.30. The summed E-state index contributed by atoms with van der Waals surface area (Å²) in [6, 6.07) is 12.5. The number of primary amides is 1. The Morgan fingerprint density at radius 1 is 1.16 bits per heavy atom. The molecule has 2 heterocycles. The van der Waals surface area contributed by atoms with Gasteiger partial charge in [0, 0.05) is 29.7 Å². The monoisotopic (exact) mass is 439 g/mol. The number of halogens is 1. The van der Waals surface area contributed by atoms with Crippen LogP contribution in [0.1, 0.15) is 55.4 Å². The number of aromatic nitrogens is 3. The lowest BCUT2D eigenvalue weighted by Gasteiger charge is -2.22. The van der Waals surface area contributed by atoms with Gasteiger partial charge in [0.15, 0.2) is 0 Å². The van der Waals surface area contributed by atoms with Crippen LogP contribution < -0.4 is 10.6 Å². The van der Waals surface area contributed by atoms with E-state index < -0.39 is 11.8 Å². The SMILES string of the molecule is CC(C(=O)N(C)c1cc(C(C)(C)C)nn1-c1cccc(Cl)c1)c1ccc(C(N)=O)nc1. The number of hydrogen-bond donors (Lipinski definition) is 1. The van der Waals surface area contributed by atoms with E-state index >= 15 is 0 Å². The average molecular weight is 440 g/mol. The number of hydrogen-bond acceptors (Lipinski definition) is 4. The molecule has 0 radical (unpaired) electrons. The summed E-state index contributed by atoms with van der Waals surface area (Å²) in [4.78, 5) is 30.2. The smallest absolute Gasteiger partial charge is 0.267 e. The average Bonchev–Trinajstić information content (AvgIpc) is 3.18. The van der Waals surface area contributed by atoms with Crippen molar-refractivity contribution in [2.75, 3.05) is 11.9 Å². The van der Waals surface area contributed by atoms with Crippen molar-refractivity contribution in [3.8, 4) is 5.69 Å². The van der Waals surface area contributed by atoms with Crippen molar-refractivity contribution in [1.29, 1.82) is 0 Å². The zero-order valence-electron chi connectivity index (χ0n) is 18.3. The third-order valence-electron chi connectivity index (χ3n) is 5.10. The third-order valence-corrected chi connectivity index (χ3v) is 5.33. The Bertz CT molecular complexity index is 1120. The molecule has 0 saturated heterocycles. The van der Waals surface area contributed by atoms with E-state index in [1.165, 1.54) is 12.3 Å². The predicted octanol–water partition coefficient (Wildman–Crippen LogP) is 4.08. The van der Waals surface area contributed by atoms with E-state index in [-0.39, 0.29) is 17.0 Å². The number of nitrogens with two attached hydrogens (primary N) is 1. The molecular weight excluding hydrogens is 414 g/mol. The van der Waals surface area contributed by atoms with Crippen LogP contribution >= 0.6 is 11.6 Å². The largest absolute Gasteiger partial charge is 0.364 e. The zero-order valence-corrected chi connectivity index (χ0v) is 19.0. The molecule has 0 bridgehead atoms. The first-order chi connectivity index (χ1) is 14.5. The molecule has 1 atom stereocenters. The highest BCUT2D eigenvalue weighted by Crippen LogP contribution is 2.30. The van der Waals surface area contributed by atoms with Crippen LogP contribution in [0.3, 0.4) is 0 Å². The second-order valence-electron chi connectivity index (χ2n) is 8.49. The van der Waals surface area contributed by atoms with Gasteiger partial charge in [0.05, 0.1) is 17.3 Å². The highest BCUT2D eigenvalue weighted by Gasteiger charge is 2.27. The van der Waals surface area contributed by atoms with Crippen LogP contribution in [0.15, 0.2) is 48.7 Å². The lowest BCUT2D eigenvalue weighted by Crippen LogP contribution is -2.32. The van der Waals surface area contributed by atoms with Crippen LogP contribution in [-0.2, 0) is 10.2 Å². The summed E-state index contributed by atoms with van der Waals surface area (Å²) in [5, 5.41) is 5.34. The van der Waals surface area contributed by atoms with Crippen molar-refractivity contribution in [3.05, 3.63) is 70.6 Å². The molecule has 1 unspecified atom stereocenters. The van der Waals surface area contributed by atoms with Gasteiger partial charge in [-0.3, -0.25) is 19.5 Å². The summed E-state index contributed by atoms with van der Waals surface area (Å²) >= 11 is 6.19. The van der Waals surface area contributed by atoms with Gasteiger partial charge in [-0.05, 0) is 36.8 Å². The van der Waals surface area contributed by atoms with Gasteiger partial charge in [-0.15, -0.1) is 0 Å². The minimum Gasteiger partial charge on any atom is -0.364 e. The molecular formula is C23H26ClN5O2. The molecule has 7 nitrogen and oxygen atoms in total. The minimum atomic E-state index is -0.609. The van der Waals surface area contributed by atoms with Crippen LogP contribution in [0.2, 0.25) is 5.02 Å². The zero-order chi connectivity index (χ0) is 22.9. The summed E-state index contributed by atoms with van der Waals surface area (Å²) in [5.74, 6) is -0.606. The second-order valence-corrected chi connectivity index (χ2v) is 8.93.